The van der Waals surface area contributed by atoms with E-state index in [0.717, 1.165) is 22.2 Å². The van der Waals surface area contributed by atoms with Crippen LogP contribution in [-0.2, 0) is 4.74 Å². The number of aliphatic hydroxyl groups excluding tert-OH is 2. The number of benzene rings is 1. The molecule has 0 radical (unpaired) electrons. The summed E-state index contributed by atoms with van der Waals surface area (Å²) in [6, 6.07) is 4.82. The van der Waals surface area contributed by atoms with Gasteiger partial charge < -0.3 is 25.3 Å². The van der Waals surface area contributed by atoms with E-state index in [9.17, 15) is 15.0 Å². The number of rotatable bonds is 2. The molecular weight excluding hydrogens is 284 g/mol. The molecule has 4 N–H and O–H groups in total. The molecule has 0 saturated carbocycles. The van der Waals surface area contributed by atoms with E-state index in [4.69, 9.17) is 4.74 Å². The summed E-state index contributed by atoms with van der Waals surface area (Å²) in [7, 11) is 0. The van der Waals surface area contributed by atoms with Crippen LogP contribution in [0.4, 0.5) is 0 Å². The molecule has 0 bridgehead atoms. The van der Waals surface area contributed by atoms with Gasteiger partial charge in [-0.2, -0.15) is 0 Å². The van der Waals surface area contributed by atoms with Crippen LogP contribution in [0.5, 0.6) is 0 Å². The normalized spacial score (nSPS) is 25.4. The van der Waals surface area contributed by atoms with E-state index < -0.39 is 18.2 Å². The van der Waals surface area contributed by atoms with E-state index >= 15 is 0 Å². The van der Waals surface area contributed by atoms with E-state index in [2.05, 4.69) is 10.3 Å². The number of aromatic amines is 1. The summed E-state index contributed by atoms with van der Waals surface area (Å²) in [6.45, 7) is 4.27. The fourth-order valence-electron chi connectivity index (χ4n) is 2.76. The van der Waals surface area contributed by atoms with Crippen molar-refractivity contribution in [2.24, 2.45) is 0 Å². The van der Waals surface area contributed by atoms with Gasteiger partial charge in [0.1, 0.15) is 12.2 Å². The Balaban J connectivity index is 1.81. The molecule has 0 aliphatic carbocycles. The number of amides is 1. The van der Waals surface area contributed by atoms with Crippen molar-refractivity contribution >= 4 is 16.8 Å². The number of nitrogens with one attached hydrogen (secondary N) is 2. The first kappa shape index (κ1) is 15.0. The van der Waals surface area contributed by atoms with Crippen molar-refractivity contribution in [2.45, 2.75) is 32.1 Å². The van der Waals surface area contributed by atoms with Gasteiger partial charge in [0.2, 0.25) is 0 Å². The van der Waals surface area contributed by atoms with Gasteiger partial charge in [-0.05, 0) is 37.6 Å². The highest BCUT2D eigenvalue weighted by Gasteiger charge is 2.32. The largest absolute Gasteiger partial charge is 0.388 e. The lowest BCUT2D eigenvalue weighted by atomic mass is 10.0. The van der Waals surface area contributed by atoms with E-state index in [0.29, 0.717) is 5.56 Å². The summed E-state index contributed by atoms with van der Waals surface area (Å²) in [5, 5.41) is 23.2. The fraction of sp³-hybridized carbons (Fsp3) is 0.438. The molecule has 1 aromatic carbocycles. The Hall–Kier alpha value is -1.89. The molecule has 6 heteroatoms. The zero-order chi connectivity index (χ0) is 15.9. The Labute approximate surface area is 128 Å². The van der Waals surface area contributed by atoms with Gasteiger partial charge in [-0.15, -0.1) is 0 Å². The lowest BCUT2D eigenvalue weighted by Crippen LogP contribution is -2.55. The van der Waals surface area contributed by atoms with E-state index in [1.54, 1.807) is 6.07 Å². The van der Waals surface area contributed by atoms with Crippen LogP contribution in [0.2, 0.25) is 0 Å². The minimum atomic E-state index is -1.02. The molecule has 1 amide bonds. The second-order valence-electron chi connectivity index (χ2n) is 5.81. The molecule has 118 valence electrons. The quantitative estimate of drug-likeness (QED) is 0.655. The van der Waals surface area contributed by atoms with Crippen molar-refractivity contribution in [2.75, 3.05) is 13.2 Å². The summed E-state index contributed by atoms with van der Waals surface area (Å²) in [4.78, 5) is 15.6. The van der Waals surface area contributed by atoms with Crippen molar-refractivity contribution in [3.8, 4) is 0 Å². The third kappa shape index (κ3) is 2.61. The van der Waals surface area contributed by atoms with Crippen LogP contribution in [0, 0.1) is 13.8 Å². The molecule has 1 fully saturated rings. The van der Waals surface area contributed by atoms with Crippen molar-refractivity contribution in [1.82, 2.24) is 10.3 Å². The first-order chi connectivity index (χ1) is 10.5. The van der Waals surface area contributed by atoms with Crippen LogP contribution in [0.3, 0.4) is 0 Å². The van der Waals surface area contributed by atoms with Crippen LogP contribution < -0.4 is 5.32 Å². The van der Waals surface area contributed by atoms with Crippen LogP contribution in [0.15, 0.2) is 18.2 Å². The molecular formula is C16H20N2O4. The maximum Gasteiger partial charge on any atom is 0.251 e. The third-order valence-corrected chi connectivity index (χ3v) is 4.28. The van der Waals surface area contributed by atoms with Crippen LogP contribution in [0.1, 0.15) is 21.6 Å². The predicted molar refractivity (Wildman–Crippen MR) is 81.9 cm³/mol. The Bertz CT molecular complexity index is 709. The average molecular weight is 304 g/mol. The highest BCUT2D eigenvalue weighted by atomic mass is 16.5. The van der Waals surface area contributed by atoms with Gasteiger partial charge in [-0.25, -0.2) is 0 Å². The summed E-state index contributed by atoms with van der Waals surface area (Å²) in [5.41, 5.74) is 3.69. The maximum absolute atomic E-state index is 12.4. The van der Waals surface area contributed by atoms with Crippen molar-refractivity contribution in [1.29, 1.82) is 0 Å². The molecule has 0 unspecified atom stereocenters. The van der Waals surface area contributed by atoms with Gasteiger partial charge in [-0.3, -0.25) is 4.79 Å². The summed E-state index contributed by atoms with van der Waals surface area (Å²) < 4.78 is 5.16. The number of fused-ring (bicyclic) bond motifs is 1. The molecule has 22 heavy (non-hydrogen) atoms. The van der Waals surface area contributed by atoms with E-state index in [1.807, 2.05) is 26.0 Å². The van der Waals surface area contributed by atoms with E-state index in [1.165, 1.54) is 0 Å². The minimum Gasteiger partial charge on any atom is -0.388 e. The van der Waals surface area contributed by atoms with Crippen LogP contribution in [-0.4, -0.2) is 52.6 Å². The van der Waals surface area contributed by atoms with Gasteiger partial charge in [0.15, 0.2) is 0 Å². The molecule has 1 aliphatic rings. The lowest BCUT2D eigenvalue weighted by molar-refractivity contribution is -0.102. The molecule has 1 aliphatic heterocycles. The number of carbonyl (C=O) groups excluding carboxylic acids is 1. The fourth-order valence-corrected chi connectivity index (χ4v) is 2.76. The minimum absolute atomic E-state index is 0.0846. The molecule has 3 rings (SSSR count). The highest BCUT2D eigenvalue weighted by molar-refractivity contribution is 5.99. The van der Waals surface area contributed by atoms with Crippen molar-refractivity contribution in [3.05, 3.63) is 35.0 Å². The molecule has 1 saturated heterocycles. The smallest absolute Gasteiger partial charge is 0.251 e. The Morgan fingerprint density at radius 2 is 2.09 bits per heavy atom. The average Bonchev–Trinajstić information content (AvgIpc) is 2.78. The first-order valence-electron chi connectivity index (χ1n) is 7.31. The molecule has 1 aromatic heterocycles. The molecule has 6 nitrogen and oxygen atoms in total. The number of ether oxygens (including phenoxy) is 1. The predicted octanol–water partition coefficient (Wildman–Crippen LogP) is 0.635. The van der Waals surface area contributed by atoms with Crippen molar-refractivity contribution < 1.29 is 19.7 Å². The van der Waals surface area contributed by atoms with E-state index in [-0.39, 0.29) is 19.1 Å². The van der Waals surface area contributed by atoms with Crippen molar-refractivity contribution in [3.63, 3.8) is 0 Å². The number of hydrogen-bond acceptors (Lipinski definition) is 4. The second kappa shape index (κ2) is 5.72. The molecule has 0 spiro atoms. The summed E-state index contributed by atoms with van der Waals surface area (Å²) in [6.07, 6.45) is -1.99. The zero-order valence-electron chi connectivity index (χ0n) is 12.6. The topological polar surface area (TPSA) is 94.6 Å². The van der Waals surface area contributed by atoms with Gasteiger partial charge in [-0.1, -0.05) is 0 Å². The number of H-pyrrole nitrogens is 1. The third-order valence-electron chi connectivity index (χ3n) is 4.28. The number of hydrogen-bond donors (Lipinski definition) is 4. The molecule has 3 atom stereocenters. The summed E-state index contributed by atoms with van der Waals surface area (Å²) >= 11 is 0. The summed E-state index contributed by atoms with van der Waals surface area (Å²) in [5.74, 6) is -0.290. The number of aryl methyl sites for hydroxylation is 2. The maximum atomic E-state index is 12.4. The monoisotopic (exact) mass is 304 g/mol. The van der Waals surface area contributed by atoms with Crippen LogP contribution >= 0.6 is 0 Å². The lowest BCUT2D eigenvalue weighted by Gasteiger charge is -2.32. The molecule has 2 aromatic rings. The number of carbonyl (C=O) groups is 1. The van der Waals surface area contributed by atoms with Gasteiger partial charge in [0, 0.05) is 22.2 Å². The van der Waals surface area contributed by atoms with Gasteiger partial charge in [0.25, 0.3) is 5.91 Å². The number of aliphatic hydroxyl groups is 2. The standard InChI is InChI=1S/C16H20N2O4/c1-8-9(2)17-12-4-3-10(5-11(8)12)16(21)18-13-6-22-7-14(19)15(13)20/h3-5,13-15,17,19-20H,6-7H2,1-2H3,(H,18,21)/t13-,14-,15+/m1/s1. The van der Waals surface area contributed by atoms with Gasteiger partial charge in [0.05, 0.1) is 19.3 Å². The second-order valence-corrected chi connectivity index (χ2v) is 5.81. The first-order valence-corrected chi connectivity index (χ1v) is 7.31. The van der Waals surface area contributed by atoms with Gasteiger partial charge >= 0.3 is 0 Å². The Kier molecular flexibility index (Phi) is 3.90. The zero-order valence-corrected chi connectivity index (χ0v) is 12.6. The SMILES string of the molecule is Cc1[nH]c2ccc(C(=O)N[C@@H]3COC[C@@H](O)[C@H]3O)cc2c1C. The Morgan fingerprint density at radius 1 is 1.32 bits per heavy atom. The van der Waals surface area contributed by atoms with Crippen LogP contribution in [0.25, 0.3) is 10.9 Å². The highest BCUT2D eigenvalue weighted by Crippen LogP contribution is 2.22. The number of aromatic nitrogens is 1. The molecule has 2 heterocycles. The Morgan fingerprint density at radius 3 is 2.86 bits per heavy atom.